The molecular weight excluding hydrogens is 164 g/mol. The lowest BCUT2D eigenvalue weighted by Gasteiger charge is -2.28. The Kier molecular flexibility index (Phi) is 3.91. The van der Waals surface area contributed by atoms with Gasteiger partial charge in [-0.2, -0.15) is 0 Å². The molecule has 0 amide bonds. The molecule has 0 aromatic rings. The lowest BCUT2D eigenvalue weighted by atomic mass is 9.80. The van der Waals surface area contributed by atoms with Gasteiger partial charge in [0.2, 0.25) is 0 Å². The number of ketones is 1. The van der Waals surface area contributed by atoms with Crippen LogP contribution in [0.5, 0.6) is 0 Å². The fourth-order valence-corrected chi connectivity index (χ4v) is 1.76. The molecule has 1 fully saturated rings. The zero-order valence-corrected chi connectivity index (χ0v) is 8.88. The van der Waals surface area contributed by atoms with Crippen molar-refractivity contribution < 1.29 is 9.53 Å². The van der Waals surface area contributed by atoms with E-state index in [4.69, 9.17) is 4.74 Å². The van der Waals surface area contributed by atoms with Crippen LogP contribution in [0.4, 0.5) is 0 Å². The molecule has 1 rings (SSSR count). The molecule has 0 aromatic heterocycles. The topological polar surface area (TPSA) is 26.3 Å². The van der Waals surface area contributed by atoms with Gasteiger partial charge < -0.3 is 4.74 Å². The monoisotopic (exact) mass is 184 g/mol. The standard InChI is InChI=1S/C11H20O2/c1-8(2)13-7-10-6-11(12)5-4-9(10)3/h8-10H,4-7H2,1-3H3. The molecule has 2 unspecified atom stereocenters. The molecule has 13 heavy (non-hydrogen) atoms. The molecule has 0 saturated heterocycles. The first kappa shape index (κ1) is 10.7. The van der Waals surface area contributed by atoms with Crippen molar-refractivity contribution in [1.82, 2.24) is 0 Å². The van der Waals surface area contributed by atoms with Crippen LogP contribution in [0.25, 0.3) is 0 Å². The molecular formula is C11H20O2. The van der Waals surface area contributed by atoms with E-state index in [-0.39, 0.29) is 6.10 Å². The molecule has 2 atom stereocenters. The third-order valence-corrected chi connectivity index (χ3v) is 2.82. The average molecular weight is 184 g/mol. The Morgan fingerprint density at radius 3 is 2.85 bits per heavy atom. The van der Waals surface area contributed by atoms with Gasteiger partial charge in [0.05, 0.1) is 12.7 Å². The maximum atomic E-state index is 11.2. The Morgan fingerprint density at radius 2 is 2.23 bits per heavy atom. The van der Waals surface area contributed by atoms with Crippen molar-refractivity contribution in [1.29, 1.82) is 0 Å². The Hall–Kier alpha value is -0.370. The quantitative estimate of drug-likeness (QED) is 0.673. The van der Waals surface area contributed by atoms with Gasteiger partial charge in [0.1, 0.15) is 5.78 Å². The second-order valence-electron chi connectivity index (χ2n) is 4.40. The molecule has 1 saturated carbocycles. The van der Waals surface area contributed by atoms with E-state index in [1.807, 2.05) is 13.8 Å². The smallest absolute Gasteiger partial charge is 0.133 e. The SMILES string of the molecule is CC(C)OCC1CC(=O)CCC1C. The highest BCUT2D eigenvalue weighted by Crippen LogP contribution is 2.27. The summed E-state index contributed by atoms with van der Waals surface area (Å²) in [5.74, 6) is 1.52. The molecule has 76 valence electrons. The van der Waals surface area contributed by atoms with Gasteiger partial charge in [-0.25, -0.2) is 0 Å². The molecule has 0 heterocycles. The summed E-state index contributed by atoms with van der Waals surface area (Å²) in [6, 6.07) is 0. The lowest BCUT2D eigenvalue weighted by Crippen LogP contribution is -2.27. The van der Waals surface area contributed by atoms with E-state index in [1.165, 1.54) is 0 Å². The number of carbonyl (C=O) groups excluding carboxylic acids is 1. The normalized spacial score (nSPS) is 29.7. The Bertz CT molecular complexity index is 175. The lowest BCUT2D eigenvalue weighted by molar-refractivity contribution is -0.123. The minimum atomic E-state index is 0.282. The molecule has 0 aromatic carbocycles. The van der Waals surface area contributed by atoms with E-state index in [1.54, 1.807) is 0 Å². The molecule has 1 aliphatic rings. The number of rotatable bonds is 3. The van der Waals surface area contributed by atoms with Crippen LogP contribution in [0.15, 0.2) is 0 Å². The predicted octanol–water partition coefficient (Wildman–Crippen LogP) is 2.42. The van der Waals surface area contributed by atoms with E-state index >= 15 is 0 Å². The summed E-state index contributed by atoms with van der Waals surface area (Å²) < 4.78 is 5.55. The first-order valence-corrected chi connectivity index (χ1v) is 5.23. The Balaban J connectivity index is 2.33. The van der Waals surface area contributed by atoms with Gasteiger partial charge in [0.25, 0.3) is 0 Å². The predicted molar refractivity (Wildman–Crippen MR) is 52.6 cm³/mol. The zero-order valence-electron chi connectivity index (χ0n) is 8.88. The maximum absolute atomic E-state index is 11.2. The first-order chi connectivity index (χ1) is 6.09. The molecule has 0 radical (unpaired) electrons. The van der Waals surface area contributed by atoms with Crippen LogP contribution >= 0.6 is 0 Å². The van der Waals surface area contributed by atoms with Gasteiger partial charge in [-0.15, -0.1) is 0 Å². The maximum Gasteiger partial charge on any atom is 0.133 e. The van der Waals surface area contributed by atoms with Crippen molar-refractivity contribution in [2.45, 2.75) is 46.1 Å². The summed E-state index contributed by atoms with van der Waals surface area (Å²) in [6.07, 6.45) is 2.84. The second kappa shape index (κ2) is 4.75. The Morgan fingerprint density at radius 1 is 1.54 bits per heavy atom. The van der Waals surface area contributed by atoms with Gasteiger partial charge in [-0.3, -0.25) is 4.79 Å². The summed E-state index contributed by atoms with van der Waals surface area (Å²) >= 11 is 0. The fourth-order valence-electron chi connectivity index (χ4n) is 1.76. The molecule has 1 aliphatic carbocycles. The molecule has 2 heteroatoms. The number of ether oxygens (including phenoxy) is 1. The number of carbonyl (C=O) groups is 1. The van der Waals surface area contributed by atoms with Crippen LogP contribution in [0, 0.1) is 11.8 Å². The second-order valence-corrected chi connectivity index (χ2v) is 4.40. The first-order valence-electron chi connectivity index (χ1n) is 5.23. The van der Waals surface area contributed by atoms with E-state index < -0.39 is 0 Å². The van der Waals surface area contributed by atoms with Gasteiger partial charge >= 0.3 is 0 Å². The number of hydrogen-bond acceptors (Lipinski definition) is 2. The van der Waals surface area contributed by atoms with Crippen molar-refractivity contribution in [3.63, 3.8) is 0 Å². The summed E-state index contributed by atoms with van der Waals surface area (Å²) in [7, 11) is 0. The van der Waals surface area contributed by atoms with E-state index in [2.05, 4.69) is 6.92 Å². The van der Waals surface area contributed by atoms with Crippen LogP contribution in [0.2, 0.25) is 0 Å². The average Bonchev–Trinajstić information content (AvgIpc) is 2.06. The third kappa shape index (κ3) is 3.47. The molecule has 0 spiro atoms. The van der Waals surface area contributed by atoms with E-state index in [0.29, 0.717) is 17.6 Å². The third-order valence-electron chi connectivity index (χ3n) is 2.82. The van der Waals surface area contributed by atoms with Gasteiger partial charge in [0, 0.05) is 12.8 Å². The van der Waals surface area contributed by atoms with Crippen LogP contribution < -0.4 is 0 Å². The minimum Gasteiger partial charge on any atom is -0.378 e. The largest absolute Gasteiger partial charge is 0.378 e. The fraction of sp³-hybridized carbons (Fsp3) is 0.909. The van der Waals surface area contributed by atoms with Gasteiger partial charge in [0.15, 0.2) is 0 Å². The highest BCUT2D eigenvalue weighted by atomic mass is 16.5. The number of Topliss-reactive ketones (excluding diaryl/α,β-unsaturated/α-hetero) is 1. The number of hydrogen-bond donors (Lipinski definition) is 0. The highest BCUT2D eigenvalue weighted by Gasteiger charge is 2.26. The van der Waals surface area contributed by atoms with Crippen LogP contribution in [-0.4, -0.2) is 18.5 Å². The van der Waals surface area contributed by atoms with Gasteiger partial charge in [-0.05, 0) is 32.1 Å². The van der Waals surface area contributed by atoms with Crippen LogP contribution in [0.3, 0.4) is 0 Å². The minimum absolute atomic E-state index is 0.282. The van der Waals surface area contributed by atoms with Crippen LogP contribution in [-0.2, 0) is 9.53 Å². The summed E-state index contributed by atoms with van der Waals surface area (Å²) in [6.45, 7) is 7.05. The van der Waals surface area contributed by atoms with Crippen molar-refractivity contribution in [2.24, 2.45) is 11.8 Å². The zero-order chi connectivity index (χ0) is 9.84. The molecule has 2 nitrogen and oxygen atoms in total. The highest BCUT2D eigenvalue weighted by molar-refractivity contribution is 5.79. The summed E-state index contributed by atoms with van der Waals surface area (Å²) in [4.78, 5) is 11.2. The molecule has 0 bridgehead atoms. The van der Waals surface area contributed by atoms with Crippen molar-refractivity contribution in [2.75, 3.05) is 6.61 Å². The van der Waals surface area contributed by atoms with Gasteiger partial charge in [-0.1, -0.05) is 6.92 Å². The van der Waals surface area contributed by atoms with Crippen LogP contribution in [0.1, 0.15) is 40.0 Å². The Labute approximate surface area is 80.7 Å². The van der Waals surface area contributed by atoms with Crippen molar-refractivity contribution in [3.05, 3.63) is 0 Å². The summed E-state index contributed by atoms with van der Waals surface area (Å²) in [5, 5.41) is 0. The van der Waals surface area contributed by atoms with E-state index in [0.717, 1.165) is 25.9 Å². The van der Waals surface area contributed by atoms with E-state index in [9.17, 15) is 4.79 Å². The molecule has 0 N–H and O–H groups in total. The molecule has 0 aliphatic heterocycles. The van der Waals surface area contributed by atoms with Crippen molar-refractivity contribution in [3.8, 4) is 0 Å². The van der Waals surface area contributed by atoms with Crippen molar-refractivity contribution >= 4 is 5.78 Å². The summed E-state index contributed by atoms with van der Waals surface area (Å²) in [5.41, 5.74) is 0.